The van der Waals surface area contributed by atoms with Gasteiger partial charge in [-0.05, 0) is 24.3 Å². The summed E-state index contributed by atoms with van der Waals surface area (Å²) < 4.78 is 1.85. The van der Waals surface area contributed by atoms with Gasteiger partial charge < -0.3 is 5.32 Å². The molecule has 3 rings (SSSR count). The lowest BCUT2D eigenvalue weighted by Gasteiger charge is -2.02. The van der Waals surface area contributed by atoms with E-state index in [9.17, 15) is 0 Å². The Labute approximate surface area is 98.9 Å². The number of hydrogen-bond donors (Lipinski definition) is 1. The highest BCUT2D eigenvalue weighted by Gasteiger charge is 2.07. The third kappa shape index (κ3) is 1.63. The zero-order chi connectivity index (χ0) is 11.7. The molecule has 4 heteroatoms. The molecule has 0 bridgehead atoms. The average molecular weight is 224 g/mol. The van der Waals surface area contributed by atoms with Gasteiger partial charge in [0.25, 0.3) is 0 Å². The predicted octanol–water partition coefficient (Wildman–Crippen LogP) is 2.44. The molecule has 0 radical (unpaired) electrons. The van der Waals surface area contributed by atoms with Crippen molar-refractivity contribution in [2.75, 3.05) is 12.4 Å². The van der Waals surface area contributed by atoms with E-state index in [0.29, 0.717) is 0 Å². The maximum Gasteiger partial charge on any atom is 0.126 e. The molecule has 0 unspecified atom stereocenters. The fourth-order valence-electron chi connectivity index (χ4n) is 1.86. The third-order valence-electron chi connectivity index (χ3n) is 2.71. The standard InChI is InChI=1S/C13H12N4/c1-14-13-7-4-5-11(16-13)10-9-15-17-8-3-2-6-12(10)17/h2-9H,1H3,(H,14,16). The van der Waals surface area contributed by atoms with Gasteiger partial charge in [-0.3, -0.25) is 0 Å². The van der Waals surface area contributed by atoms with Crippen LogP contribution in [0.25, 0.3) is 16.8 Å². The maximum absolute atomic E-state index is 4.52. The Morgan fingerprint density at radius 2 is 2.06 bits per heavy atom. The van der Waals surface area contributed by atoms with Gasteiger partial charge in [0, 0.05) is 18.8 Å². The zero-order valence-electron chi connectivity index (χ0n) is 9.46. The van der Waals surface area contributed by atoms with Gasteiger partial charge in [-0.25, -0.2) is 9.50 Å². The van der Waals surface area contributed by atoms with Gasteiger partial charge in [0.2, 0.25) is 0 Å². The summed E-state index contributed by atoms with van der Waals surface area (Å²) in [4.78, 5) is 4.52. The molecule has 0 saturated carbocycles. The van der Waals surface area contributed by atoms with Crippen LogP contribution in [0.4, 0.5) is 5.82 Å². The van der Waals surface area contributed by atoms with E-state index in [1.165, 1.54) is 0 Å². The van der Waals surface area contributed by atoms with E-state index in [4.69, 9.17) is 0 Å². The fourth-order valence-corrected chi connectivity index (χ4v) is 1.86. The lowest BCUT2D eigenvalue weighted by molar-refractivity contribution is 0.961. The molecule has 0 atom stereocenters. The molecule has 3 heterocycles. The largest absolute Gasteiger partial charge is 0.373 e. The second-order valence-corrected chi connectivity index (χ2v) is 3.75. The van der Waals surface area contributed by atoms with Crippen LogP contribution in [-0.4, -0.2) is 21.6 Å². The van der Waals surface area contributed by atoms with Crippen molar-refractivity contribution < 1.29 is 0 Å². The number of aromatic nitrogens is 3. The first-order valence-corrected chi connectivity index (χ1v) is 5.46. The molecule has 1 N–H and O–H groups in total. The van der Waals surface area contributed by atoms with Crippen molar-refractivity contribution in [1.29, 1.82) is 0 Å². The van der Waals surface area contributed by atoms with E-state index in [0.717, 1.165) is 22.6 Å². The summed E-state index contributed by atoms with van der Waals surface area (Å²) in [7, 11) is 1.86. The molecule has 0 spiro atoms. The molecule has 84 valence electrons. The van der Waals surface area contributed by atoms with Gasteiger partial charge in [-0.1, -0.05) is 12.1 Å². The van der Waals surface area contributed by atoms with E-state index in [1.807, 2.05) is 60.4 Å². The number of nitrogens with zero attached hydrogens (tertiary/aromatic N) is 3. The lowest BCUT2D eigenvalue weighted by atomic mass is 10.2. The molecule has 0 aliphatic carbocycles. The highest BCUT2D eigenvalue weighted by molar-refractivity contribution is 5.78. The summed E-state index contributed by atoms with van der Waals surface area (Å²) in [6.45, 7) is 0. The summed E-state index contributed by atoms with van der Waals surface area (Å²) in [5.74, 6) is 0.859. The Morgan fingerprint density at radius 3 is 2.94 bits per heavy atom. The highest BCUT2D eigenvalue weighted by Crippen LogP contribution is 2.23. The Morgan fingerprint density at radius 1 is 1.12 bits per heavy atom. The summed E-state index contributed by atoms with van der Waals surface area (Å²) in [5.41, 5.74) is 3.04. The lowest BCUT2D eigenvalue weighted by Crippen LogP contribution is -1.93. The van der Waals surface area contributed by atoms with Crippen LogP contribution in [0.5, 0.6) is 0 Å². The van der Waals surface area contributed by atoms with Crippen LogP contribution >= 0.6 is 0 Å². The molecule has 0 aliphatic rings. The first-order valence-electron chi connectivity index (χ1n) is 5.46. The number of anilines is 1. The molecular weight excluding hydrogens is 212 g/mol. The minimum absolute atomic E-state index is 0.859. The van der Waals surface area contributed by atoms with Crippen LogP contribution in [0.3, 0.4) is 0 Å². The van der Waals surface area contributed by atoms with Crippen LogP contribution in [0.1, 0.15) is 0 Å². The average Bonchev–Trinajstić information content (AvgIpc) is 2.82. The van der Waals surface area contributed by atoms with E-state index in [1.54, 1.807) is 0 Å². The number of hydrogen-bond acceptors (Lipinski definition) is 3. The molecular formula is C13H12N4. The van der Waals surface area contributed by atoms with Crippen molar-refractivity contribution in [1.82, 2.24) is 14.6 Å². The summed E-state index contributed by atoms with van der Waals surface area (Å²) in [6.07, 6.45) is 3.78. The second kappa shape index (κ2) is 3.90. The topological polar surface area (TPSA) is 42.2 Å². The first-order chi connectivity index (χ1) is 8.38. The van der Waals surface area contributed by atoms with Crippen molar-refractivity contribution in [3.63, 3.8) is 0 Å². The van der Waals surface area contributed by atoms with Gasteiger partial charge >= 0.3 is 0 Å². The number of fused-ring (bicyclic) bond motifs is 1. The second-order valence-electron chi connectivity index (χ2n) is 3.75. The van der Waals surface area contributed by atoms with E-state index >= 15 is 0 Å². The van der Waals surface area contributed by atoms with Crippen LogP contribution in [0.15, 0.2) is 48.8 Å². The summed E-state index contributed by atoms with van der Waals surface area (Å²) in [6, 6.07) is 11.9. The highest BCUT2D eigenvalue weighted by atomic mass is 15.2. The molecule has 17 heavy (non-hydrogen) atoms. The van der Waals surface area contributed by atoms with Crippen molar-refractivity contribution in [3.8, 4) is 11.3 Å². The Hall–Kier alpha value is -2.36. The Kier molecular flexibility index (Phi) is 2.26. The quantitative estimate of drug-likeness (QED) is 0.727. The van der Waals surface area contributed by atoms with Crippen LogP contribution in [0.2, 0.25) is 0 Å². The van der Waals surface area contributed by atoms with E-state index in [2.05, 4.69) is 15.4 Å². The Balaban J connectivity index is 2.20. The van der Waals surface area contributed by atoms with Gasteiger partial charge in [0.15, 0.2) is 0 Å². The first kappa shape index (κ1) is 9.84. The SMILES string of the molecule is CNc1cccc(-c2cnn3ccccc23)n1. The van der Waals surface area contributed by atoms with Crippen molar-refractivity contribution in [2.24, 2.45) is 0 Å². The van der Waals surface area contributed by atoms with Crippen molar-refractivity contribution in [2.45, 2.75) is 0 Å². The van der Waals surface area contributed by atoms with Gasteiger partial charge in [0.05, 0.1) is 17.4 Å². The number of nitrogens with one attached hydrogen (secondary N) is 1. The normalized spacial score (nSPS) is 10.6. The molecule has 3 aromatic heterocycles. The zero-order valence-corrected chi connectivity index (χ0v) is 9.46. The predicted molar refractivity (Wildman–Crippen MR) is 68.0 cm³/mol. The third-order valence-corrected chi connectivity index (χ3v) is 2.71. The molecule has 0 fully saturated rings. The van der Waals surface area contributed by atoms with Crippen LogP contribution in [-0.2, 0) is 0 Å². The molecule has 4 nitrogen and oxygen atoms in total. The molecule has 0 amide bonds. The fraction of sp³-hybridized carbons (Fsp3) is 0.0769. The van der Waals surface area contributed by atoms with E-state index < -0.39 is 0 Å². The van der Waals surface area contributed by atoms with Crippen molar-refractivity contribution >= 4 is 11.3 Å². The smallest absolute Gasteiger partial charge is 0.126 e. The minimum Gasteiger partial charge on any atom is -0.373 e. The molecule has 3 aromatic rings. The summed E-state index contributed by atoms with van der Waals surface area (Å²) in [5, 5.41) is 7.35. The number of rotatable bonds is 2. The number of pyridine rings is 2. The van der Waals surface area contributed by atoms with E-state index in [-0.39, 0.29) is 0 Å². The monoisotopic (exact) mass is 224 g/mol. The molecule has 0 saturated heterocycles. The Bertz CT molecular complexity index is 657. The van der Waals surface area contributed by atoms with Crippen LogP contribution in [0, 0.1) is 0 Å². The molecule has 0 aromatic carbocycles. The van der Waals surface area contributed by atoms with Gasteiger partial charge in [-0.15, -0.1) is 0 Å². The summed E-state index contributed by atoms with van der Waals surface area (Å²) >= 11 is 0. The maximum atomic E-state index is 4.52. The van der Waals surface area contributed by atoms with Crippen molar-refractivity contribution in [3.05, 3.63) is 48.8 Å². The van der Waals surface area contributed by atoms with Crippen LogP contribution < -0.4 is 5.32 Å². The van der Waals surface area contributed by atoms with Gasteiger partial charge in [0.1, 0.15) is 5.82 Å². The minimum atomic E-state index is 0.859. The van der Waals surface area contributed by atoms with Gasteiger partial charge in [-0.2, -0.15) is 5.10 Å². The molecule has 0 aliphatic heterocycles.